The Hall–Kier alpha value is -3.03. The van der Waals surface area contributed by atoms with E-state index in [-0.39, 0.29) is 5.28 Å². The number of nitrogens with zero attached hydrogens (tertiary/aromatic N) is 2. The van der Waals surface area contributed by atoms with E-state index in [4.69, 9.17) is 27.9 Å². The predicted molar refractivity (Wildman–Crippen MR) is 135 cm³/mol. The van der Waals surface area contributed by atoms with E-state index in [2.05, 4.69) is 38.1 Å². The Balaban J connectivity index is 1.49. The van der Waals surface area contributed by atoms with Gasteiger partial charge < -0.3 is 15.4 Å². The molecule has 0 aliphatic carbocycles. The molecule has 0 saturated carbocycles. The van der Waals surface area contributed by atoms with E-state index in [1.807, 2.05) is 57.2 Å². The highest BCUT2D eigenvalue weighted by Crippen LogP contribution is 2.24. The average molecular weight is 488 g/mol. The Bertz CT molecular complexity index is 1100. The van der Waals surface area contributed by atoms with Gasteiger partial charge in [-0.15, -0.1) is 0 Å². The minimum Gasteiger partial charge on any atom is -0.444 e. The molecular weight excluding hydrogens is 461 g/mol. The Morgan fingerprint density at radius 3 is 2.55 bits per heavy atom. The Kier molecular flexibility index (Phi) is 8.36. The van der Waals surface area contributed by atoms with Crippen LogP contribution in [0.1, 0.15) is 32.8 Å². The first kappa shape index (κ1) is 24.6. The zero-order valence-electron chi connectivity index (χ0n) is 18.8. The van der Waals surface area contributed by atoms with Crippen LogP contribution in [-0.2, 0) is 11.2 Å². The molecular formula is C24H27Cl2N5O2. The van der Waals surface area contributed by atoms with E-state index in [1.165, 1.54) is 11.8 Å². The van der Waals surface area contributed by atoms with Gasteiger partial charge in [0.2, 0.25) is 5.28 Å². The predicted octanol–water partition coefficient (Wildman–Crippen LogP) is 6.92. The highest BCUT2D eigenvalue weighted by molar-refractivity contribution is 6.33. The van der Waals surface area contributed by atoms with Crippen molar-refractivity contribution in [2.24, 2.45) is 0 Å². The molecule has 3 N–H and O–H groups in total. The van der Waals surface area contributed by atoms with Gasteiger partial charge in [-0.3, -0.25) is 5.32 Å². The topological polar surface area (TPSA) is 88.2 Å². The number of benzene rings is 2. The van der Waals surface area contributed by atoms with Crippen LogP contribution in [0.3, 0.4) is 0 Å². The fourth-order valence-corrected chi connectivity index (χ4v) is 3.30. The van der Waals surface area contributed by atoms with Crippen LogP contribution in [0.5, 0.6) is 0 Å². The maximum atomic E-state index is 12.0. The number of amides is 1. The number of carbonyl (C=O) groups is 1. The maximum absolute atomic E-state index is 12.0. The maximum Gasteiger partial charge on any atom is 0.412 e. The van der Waals surface area contributed by atoms with Gasteiger partial charge in [0.15, 0.2) is 5.82 Å². The van der Waals surface area contributed by atoms with Crippen molar-refractivity contribution in [1.29, 1.82) is 0 Å². The molecule has 0 fully saturated rings. The molecule has 0 aliphatic heterocycles. The molecule has 174 valence electrons. The van der Waals surface area contributed by atoms with Crippen LogP contribution in [0.25, 0.3) is 0 Å². The molecule has 3 aromatic rings. The van der Waals surface area contributed by atoms with Gasteiger partial charge in [-0.2, -0.15) is 4.98 Å². The third kappa shape index (κ3) is 8.44. The number of anilines is 4. The molecule has 7 nitrogen and oxygen atoms in total. The molecule has 9 heteroatoms. The van der Waals surface area contributed by atoms with Crippen LogP contribution in [0.4, 0.5) is 27.7 Å². The normalized spacial score (nSPS) is 11.1. The summed E-state index contributed by atoms with van der Waals surface area (Å²) in [5.74, 6) is 0.468. The quantitative estimate of drug-likeness (QED) is 0.236. The van der Waals surface area contributed by atoms with Crippen LogP contribution >= 0.6 is 23.2 Å². The van der Waals surface area contributed by atoms with Crippen molar-refractivity contribution in [3.8, 4) is 0 Å². The third-order valence-corrected chi connectivity index (χ3v) is 4.84. The van der Waals surface area contributed by atoms with E-state index in [9.17, 15) is 4.79 Å². The smallest absolute Gasteiger partial charge is 0.412 e. The summed E-state index contributed by atoms with van der Waals surface area (Å²) >= 11 is 12.0. The van der Waals surface area contributed by atoms with Gasteiger partial charge in [-0.05, 0) is 81.1 Å². The Labute approximate surface area is 203 Å². The molecule has 0 aliphatic rings. The molecule has 0 radical (unpaired) electrons. The first-order valence-corrected chi connectivity index (χ1v) is 11.3. The van der Waals surface area contributed by atoms with Crippen molar-refractivity contribution in [2.45, 2.75) is 39.2 Å². The largest absolute Gasteiger partial charge is 0.444 e. The molecule has 0 saturated heterocycles. The molecule has 0 bridgehead atoms. The number of aromatic nitrogens is 2. The van der Waals surface area contributed by atoms with E-state index < -0.39 is 11.7 Å². The van der Waals surface area contributed by atoms with Crippen molar-refractivity contribution >= 4 is 52.2 Å². The number of halogens is 2. The lowest BCUT2D eigenvalue weighted by Gasteiger charge is -2.19. The number of hydrogen-bond donors (Lipinski definition) is 3. The zero-order chi connectivity index (χ0) is 23.8. The molecule has 0 atom stereocenters. The van der Waals surface area contributed by atoms with Crippen molar-refractivity contribution < 1.29 is 9.53 Å². The number of nitrogens with one attached hydrogen (secondary N) is 3. The fraction of sp³-hybridized carbons (Fsp3) is 0.292. The molecule has 3 rings (SSSR count). The summed E-state index contributed by atoms with van der Waals surface area (Å²) in [6, 6.07) is 15.6. The zero-order valence-corrected chi connectivity index (χ0v) is 20.3. The van der Waals surface area contributed by atoms with Crippen molar-refractivity contribution in [2.75, 3.05) is 22.5 Å². The lowest BCUT2D eigenvalue weighted by molar-refractivity contribution is 0.0636. The second kappa shape index (κ2) is 11.2. The lowest BCUT2D eigenvalue weighted by atomic mass is 10.1. The average Bonchev–Trinajstić information content (AvgIpc) is 2.73. The van der Waals surface area contributed by atoms with Gasteiger partial charge in [0.1, 0.15) is 10.6 Å². The second-order valence-corrected chi connectivity index (χ2v) is 9.14. The number of rotatable bonds is 8. The summed E-state index contributed by atoms with van der Waals surface area (Å²) in [5.41, 5.74) is 3.11. The second-order valence-electron chi connectivity index (χ2n) is 8.40. The molecule has 0 spiro atoms. The first-order chi connectivity index (χ1) is 15.7. The summed E-state index contributed by atoms with van der Waals surface area (Å²) in [6.07, 6.45) is 2.80. The van der Waals surface area contributed by atoms with Crippen LogP contribution in [0, 0.1) is 0 Å². The van der Waals surface area contributed by atoms with Gasteiger partial charge in [0.05, 0.1) is 6.20 Å². The summed E-state index contributed by atoms with van der Waals surface area (Å²) in [6.45, 7) is 6.27. The van der Waals surface area contributed by atoms with Crippen LogP contribution < -0.4 is 16.0 Å². The Morgan fingerprint density at radius 1 is 1.03 bits per heavy atom. The number of carbonyl (C=O) groups excluding carboxylic acids is 1. The van der Waals surface area contributed by atoms with E-state index >= 15 is 0 Å². The summed E-state index contributed by atoms with van der Waals surface area (Å²) in [4.78, 5) is 19.9. The van der Waals surface area contributed by atoms with Crippen LogP contribution in [0.15, 0.2) is 54.7 Å². The van der Waals surface area contributed by atoms with Gasteiger partial charge >= 0.3 is 6.09 Å². The van der Waals surface area contributed by atoms with Gasteiger partial charge in [0, 0.05) is 23.6 Å². The lowest BCUT2D eigenvalue weighted by Crippen LogP contribution is -2.27. The van der Waals surface area contributed by atoms with Gasteiger partial charge in [-0.1, -0.05) is 29.8 Å². The summed E-state index contributed by atoms with van der Waals surface area (Å²) < 4.78 is 5.29. The molecule has 1 amide bonds. The van der Waals surface area contributed by atoms with Crippen LogP contribution in [0.2, 0.25) is 10.3 Å². The van der Waals surface area contributed by atoms with Gasteiger partial charge in [0.25, 0.3) is 0 Å². The SMILES string of the molecule is CC(C)(C)OC(=O)Nc1cccc(NCCCc2cccc(Nc3nc(Cl)ncc3Cl)c2)c1. The molecule has 1 heterocycles. The summed E-state index contributed by atoms with van der Waals surface area (Å²) in [7, 11) is 0. The molecule has 33 heavy (non-hydrogen) atoms. The highest BCUT2D eigenvalue weighted by atomic mass is 35.5. The van der Waals surface area contributed by atoms with Crippen molar-refractivity contribution in [3.05, 3.63) is 70.6 Å². The third-order valence-electron chi connectivity index (χ3n) is 4.38. The van der Waals surface area contributed by atoms with Crippen molar-refractivity contribution in [1.82, 2.24) is 9.97 Å². The number of ether oxygens (including phenoxy) is 1. The minimum absolute atomic E-state index is 0.134. The van der Waals surface area contributed by atoms with Crippen LogP contribution in [-0.4, -0.2) is 28.2 Å². The minimum atomic E-state index is -0.541. The van der Waals surface area contributed by atoms with E-state index in [0.717, 1.165) is 30.8 Å². The monoisotopic (exact) mass is 487 g/mol. The molecule has 1 aromatic heterocycles. The standard InChI is InChI=1S/C24H27Cl2N5O2/c1-24(2,3)33-23(32)30-19-11-5-9-17(14-19)27-12-6-8-16-7-4-10-18(13-16)29-21-20(25)15-28-22(26)31-21/h4-5,7,9-11,13-15,27H,6,8,12H2,1-3H3,(H,30,32)(H,28,29,31). The van der Waals surface area contributed by atoms with Crippen molar-refractivity contribution in [3.63, 3.8) is 0 Å². The molecule has 0 unspecified atom stereocenters. The van der Waals surface area contributed by atoms with E-state index in [0.29, 0.717) is 16.5 Å². The van der Waals surface area contributed by atoms with E-state index in [1.54, 1.807) is 0 Å². The molecule has 2 aromatic carbocycles. The number of hydrogen-bond acceptors (Lipinski definition) is 6. The highest BCUT2D eigenvalue weighted by Gasteiger charge is 2.16. The summed E-state index contributed by atoms with van der Waals surface area (Å²) in [5, 5.41) is 9.85. The first-order valence-electron chi connectivity index (χ1n) is 10.6. The Morgan fingerprint density at radius 2 is 1.76 bits per heavy atom. The number of aryl methyl sites for hydroxylation is 1. The fourth-order valence-electron chi connectivity index (χ4n) is 3.03. The van der Waals surface area contributed by atoms with Gasteiger partial charge in [-0.25, -0.2) is 9.78 Å².